The van der Waals surface area contributed by atoms with Crippen LogP contribution in [0.25, 0.3) is 11.1 Å². The zero-order valence-corrected chi connectivity index (χ0v) is 25.5. The van der Waals surface area contributed by atoms with E-state index in [1.807, 2.05) is 45.0 Å². The molecule has 2 amide bonds. The van der Waals surface area contributed by atoms with Crippen molar-refractivity contribution < 1.29 is 28.6 Å². The molecule has 2 heterocycles. The van der Waals surface area contributed by atoms with E-state index in [1.54, 1.807) is 28.5 Å². The molecule has 1 aromatic heterocycles. The molecule has 0 bridgehead atoms. The topological polar surface area (TPSA) is 103 Å². The summed E-state index contributed by atoms with van der Waals surface area (Å²) in [6.45, 7) is 8.48. The minimum absolute atomic E-state index is 0.0636. The Morgan fingerprint density at radius 3 is 2.28 bits per heavy atom. The number of amides is 2. The number of aromatic nitrogens is 2. The van der Waals surface area contributed by atoms with Gasteiger partial charge in [-0.25, -0.2) is 14.4 Å². The van der Waals surface area contributed by atoms with Crippen molar-refractivity contribution in [3.63, 3.8) is 0 Å². The van der Waals surface area contributed by atoms with Gasteiger partial charge in [0, 0.05) is 26.1 Å². The van der Waals surface area contributed by atoms with Gasteiger partial charge < -0.3 is 19.1 Å². The molecule has 1 aliphatic heterocycles. The summed E-state index contributed by atoms with van der Waals surface area (Å²) < 4.78 is 18.5. The molecule has 0 saturated carbocycles. The Hall–Kier alpha value is -4.34. The number of rotatable bonds is 7. The van der Waals surface area contributed by atoms with Crippen molar-refractivity contribution in [1.82, 2.24) is 19.6 Å². The molecule has 1 fully saturated rings. The Morgan fingerprint density at radius 1 is 1.00 bits per heavy atom. The summed E-state index contributed by atoms with van der Waals surface area (Å²) in [5.41, 5.74) is 4.71. The predicted octanol–water partition coefficient (Wildman–Crippen LogP) is 5.75. The maximum absolute atomic E-state index is 14.0. The second-order valence-corrected chi connectivity index (χ2v) is 12.0. The Kier molecular flexibility index (Phi) is 8.75. The maximum atomic E-state index is 14.0. The standard InChI is InChI=1S/C33H40N4O6/c1-6-41-30(38)27-18-34-35(5)29(27)20-37(22-12-11-17-36(19-22)31(39)43-33(2,3)4)32(40)42-21-28-25-15-9-7-13-23(25)24-14-8-10-16-26(24)28/h7-10,13-16,18,22,28H,6,11-12,17,19-21H2,1-5H3. The first-order chi connectivity index (χ1) is 20.6. The van der Waals surface area contributed by atoms with Gasteiger partial charge in [-0.05, 0) is 62.8 Å². The second-order valence-electron chi connectivity index (χ2n) is 12.0. The third-order valence-corrected chi connectivity index (χ3v) is 7.94. The lowest BCUT2D eigenvalue weighted by atomic mass is 9.98. The van der Waals surface area contributed by atoms with Crippen LogP contribution in [0.1, 0.15) is 73.6 Å². The Labute approximate surface area is 252 Å². The minimum atomic E-state index is -0.639. The molecule has 1 atom stereocenters. The molecule has 5 rings (SSSR count). The van der Waals surface area contributed by atoms with Crippen molar-refractivity contribution in [3.05, 3.63) is 77.1 Å². The third kappa shape index (κ3) is 6.53. The van der Waals surface area contributed by atoms with Crippen molar-refractivity contribution >= 4 is 18.2 Å². The number of hydrogen-bond acceptors (Lipinski definition) is 7. The number of nitrogens with zero attached hydrogens (tertiary/aromatic N) is 4. The molecule has 2 aliphatic rings. The Bertz CT molecular complexity index is 1450. The zero-order chi connectivity index (χ0) is 30.7. The summed E-state index contributed by atoms with van der Waals surface area (Å²) >= 11 is 0. The molecule has 10 heteroatoms. The third-order valence-electron chi connectivity index (χ3n) is 7.94. The van der Waals surface area contributed by atoms with Crippen LogP contribution in [0.15, 0.2) is 54.7 Å². The fraction of sp³-hybridized carbons (Fsp3) is 0.455. The average molecular weight is 589 g/mol. The maximum Gasteiger partial charge on any atom is 0.410 e. The molecule has 43 heavy (non-hydrogen) atoms. The summed E-state index contributed by atoms with van der Waals surface area (Å²) in [6, 6.07) is 16.0. The van der Waals surface area contributed by atoms with Crippen molar-refractivity contribution in [2.45, 2.75) is 64.6 Å². The zero-order valence-electron chi connectivity index (χ0n) is 25.5. The van der Waals surface area contributed by atoms with Crippen molar-refractivity contribution in [3.8, 4) is 11.1 Å². The van der Waals surface area contributed by atoms with Crippen molar-refractivity contribution in [1.29, 1.82) is 0 Å². The number of benzene rings is 2. The number of carbonyl (C=O) groups excluding carboxylic acids is 3. The first kappa shape index (κ1) is 30.1. The fourth-order valence-electron chi connectivity index (χ4n) is 5.91. The number of fused-ring (bicyclic) bond motifs is 3. The lowest BCUT2D eigenvalue weighted by molar-refractivity contribution is 0.00772. The van der Waals surface area contributed by atoms with Gasteiger partial charge in [0.25, 0.3) is 0 Å². The van der Waals surface area contributed by atoms with Crippen molar-refractivity contribution in [2.75, 3.05) is 26.3 Å². The molecular weight excluding hydrogens is 548 g/mol. The quantitative estimate of drug-likeness (QED) is 0.256. The van der Waals surface area contributed by atoms with Gasteiger partial charge in [0.2, 0.25) is 0 Å². The van der Waals surface area contributed by atoms with Crippen LogP contribution in [0.4, 0.5) is 9.59 Å². The van der Waals surface area contributed by atoms with E-state index in [2.05, 4.69) is 29.4 Å². The number of hydrogen-bond donors (Lipinski definition) is 0. The van der Waals surface area contributed by atoms with E-state index >= 15 is 0 Å². The Morgan fingerprint density at radius 2 is 1.65 bits per heavy atom. The second kappa shape index (κ2) is 12.5. The summed E-state index contributed by atoms with van der Waals surface area (Å²) in [6.07, 6.45) is 1.87. The van der Waals surface area contributed by atoms with Gasteiger partial charge in [-0.3, -0.25) is 9.58 Å². The highest BCUT2D eigenvalue weighted by atomic mass is 16.6. The van der Waals surface area contributed by atoms with Gasteiger partial charge in [-0.15, -0.1) is 0 Å². The van der Waals surface area contributed by atoms with E-state index in [9.17, 15) is 14.4 Å². The van der Waals surface area contributed by atoms with Gasteiger partial charge in [0.1, 0.15) is 17.8 Å². The van der Waals surface area contributed by atoms with E-state index < -0.39 is 23.8 Å². The highest BCUT2D eigenvalue weighted by Crippen LogP contribution is 2.44. The highest BCUT2D eigenvalue weighted by Gasteiger charge is 2.36. The highest BCUT2D eigenvalue weighted by molar-refractivity contribution is 5.90. The van der Waals surface area contributed by atoms with Gasteiger partial charge in [0.15, 0.2) is 0 Å². The lowest BCUT2D eigenvalue weighted by Gasteiger charge is -2.39. The molecule has 10 nitrogen and oxygen atoms in total. The average Bonchev–Trinajstić information content (AvgIpc) is 3.51. The van der Waals surface area contributed by atoms with Gasteiger partial charge >= 0.3 is 18.2 Å². The molecular formula is C33H40N4O6. The van der Waals surface area contributed by atoms with E-state index in [0.717, 1.165) is 22.3 Å². The van der Waals surface area contributed by atoms with Crippen LogP contribution in [0.3, 0.4) is 0 Å². The number of aryl methyl sites for hydroxylation is 1. The van der Waals surface area contributed by atoms with Crippen LogP contribution in [-0.4, -0.2) is 75.7 Å². The van der Waals surface area contributed by atoms with Crippen LogP contribution in [-0.2, 0) is 27.8 Å². The lowest BCUT2D eigenvalue weighted by Crippen LogP contribution is -2.52. The first-order valence-corrected chi connectivity index (χ1v) is 14.8. The van der Waals surface area contributed by atoms with Gasteiger partial charge in [0.05, 0.1) is 31.1 Å². The monoisotopic (exact) mass is 588 g/mol. The molecule has 2 aromatic carbocycles. The molecule has 0 N–H and O–H groups in total. The normalized spacial score (nSPS) is 16.3. The number of carbonyl (C=O) groups is 3. The molecule has 3 aromatic rings. The van der Waals surface area contributed by atoms with Crippen LogP contribution in [0.5, 0.6) is 0 Å². The van der Waals surface area contributed by atoms with Crippen LogP contribution < -0.4 is 0 Å². The summed E-state index contributed by atoms with van der Waals surface area (Å²) in [4.78, 5) is 42.9. The van der Waals surface area contributed by atoms with Crippen LogP contribution >= 0.6 is 0 Å². The summed E-state index contributed by atoms with van der Waals surface area (Å²) in [5, 5.41) is 4.27. The van der Waals surface area contributed by atoms with E-state index in [1.165, 1.54) is 6.20 Å². The van der Waals surface area contributed by atoms with E-state index in [-0.39, 0.29) is 38.3 Å². The van der Waals surface area contributed by atoms with Gasteiger partial charge in [-0.1, -0.05) is 48.5 Å². The minimum Gasteiger partial charge on any atom is -0.462 e. The number of esters is 1. The SMILES string of the molecule is CCOC(=O)c1cnn(C)c1CN(C(=O)OCC1c2ccccc2-c2ccccc21)C1CCCN(C(=O)OC(C)(C)C)C1. The van der Waals surface area contributed by atoms with Crippen molar-refractivity contribution in [2.24, 2.45) is 7.05 Å². The number of piperidine rings is 1. The van der Waals surface area contributed by atoms with Crippen LogP contribution in [0, 0.1) is 0 Å². The molecule has 1 saturated heterocycles. The summed E-state index contributed by atoms with van der Waals surface area (Å²) in [7, 11) is 1.72. The van der Waals surface area contributed by atoms with E-state index in [4.69, 9.17) is 14.2 Å². The number of ether oxygens (including phenoxy) is 3. The Balaban J connectivity index is 1.41. The fourth-order valence-corrected chi connectivity index (χ4v) is 5.91. The first-order valence-electron chi connectivity index (χ1n) is 14.8. The molecule has 1 unspecified atom stereocenters. The van der Waals surface area contributed by atoms with Crippen LogP contribution in [0.2, 0.25) is 0 Å². The van der Waals surface area contributed by atoms with Gasteiger partial charge in [-0.2, -0.15) is 5.10 Å². The molecule has 1 aliphatic carbocycles. The molecule has 228 valence electrons. The molecule has 0 spiro atoms. The smallest absolute Gasteiger partial charge is 0.410 e. The number of likely N-dealkylation sites (tertiary alicyclic amines) is 1. The largest absolute Gasteiger partial charge is 0.462 e. The summed E-state index contributed by atoms with van der Waals surface area (Å²) in [5.74, 6) is -0.605. The predicted molar refractivity (Wildman–Crippen MR) is 161 cm³/mol. The van der Waals surface area contributed by atoms with E-state index in [0.29, 0.717) is 30.6 Å². The molecule has 0 radical (unpaired) electrons.